The van der Waals surface area contributed by atoms with Crippen LogP contribution < -0.4 is 14.8 Å². The van der Waals surface area contributed by atoms with Crippen LogP contribution in [0, 0.1) is 13.8 Å². The summed E-state index contributed by atoms with van der Waals surface area (Å²) in [5.74, 6) is 1.26. The van der Waals surface area contributed by atoms with E-state index >= 15 is 0 Å². The van der Waals surface area contributed by atoms with Gasteiger partial charge in [0.25, 0.3) is 5.91 Å². The molecule has 0 aliphatic rings. The molecule has 4 nitrogen and oxygen atoms in total. The molecule has 2 aromatic rings. The van der Waals surface area contributed by atoms with Crippen LogP contribution in [-0.2, 0) is 4.79 Å². The number of aryl methyl sites for hydroxylation is 1. The lowest BCUT2D eigenvalue weighted by atomic mass is 10.1. The molecular formula is C19H23NO3. The monoisotopic (exact) mass is 313 g/mol. The lowest BCUT2D eigenvalue weighted by molar-refractivity contribution is -0.122. The van der Waals surface area contributed by atoms with Crippen LogP contribution in [0.4, 0.5) is 5.69 Å². The number of anilines is 1. The van der Waals surface area contributed by atoms with Gasteiger partial charge in [0, 0.05) is 5.69 Å². The van der Waals surface area contributed by atoms with E-state index in [1.807, 2.05) is 51.1 Å². The maximum absolute atomic E-state index is 12.5. The number of amides is 1. The highest BCUT2D eigenvalue weighted by Gasteiger charge is 2.19. The Morgan fingerprint density at radius 2 is 1.74 bits per heavy atom. The fraction of sp³-hybridized carbons (Fsp3) is 0.316. The molecule has 0 unspecified atom stereocenters. The van der Waals surface area contributed by atoms with E-state index in [0.717, 1.165) is 22.6 Å². The smallest absolute Gasteiger partial charge is 0.265 e. The number of ether oxygens (including phenoxy) is 2. The Balaban J connectivity index is 2.07. The molecular weight excluding hydrogens is 290 g/mol. The standard InChI is InChI=1S/C19H23NO3/c1-5-18(23-16-11-9-15(22-4)10-12-16)19(21)20-17-8-6-7-13(2)14(17)3/h6-12,18H,5H2,1-4H3,(H,20,21)/t18-/m1/s1. The van der Waals surface area contributed by atoms with Crippen molar-refractivity contribution in [1.29, 1.82) is 0 Å². The normalized spacial score (nSPS) is 11.7. The number of hydrogen-bond donors (Lipinski definition) is 1. The third-order valence-electron chi connectivity index (χ3n) is 3.86. The molecule has 0 aromatic heterocycles. The second-order valence-electron chi connectivity index (χ2n) is 5.43. The van der Waals surface area contributed by atoms with Crippen LogP contribution in [0.2, 0.25) is 0 Å². The molecule has 0 bridgehead atoms. The van der Waals surface area contributed by atoms with E-state index in [-0.39, 0.29) is 5.91 Å². The summed E-state index contributed by atoms with van der Waals surface area (Å²) in [4.78, 5) is 12.5. The molecule has 2 rings (SSSR count). The van der Waals surface area contributed by atoms with Gasteiger partial charge in [0.05, 0.1) is 7.11 Å². The molecule has 0 saturated heterocycles. The predicted molar refractivity (Wildman–Crippen MR) is 92.2 cm³/mol. The van der Waals surface area contributed by atoms with Gasteiger partial charge in [0.1, 0.15) is 11.5 Å². The SMILES string of the molecule is CC[C@@H](Oc1ccc(OC)cc1)C(=O)Nc1cccc(C)c1C. The summed E-state index contributed by atoms with van der Waals surface area (Å²) in [7, 11) is 1.61. The third kappa shape index (κ3) is 4.25. The van der Waals surface area contributed by atoms with Crippen LogP contribution in [-0.4, -0.2) is 19.1 Å². The van der Waals surface area contributed by atoms with Crippen LogP contribution >= 0.6 is 0 Å². The minimum Gasteiger partial charge on any atom is -0.497 e. The first-order valence-electron chi connectivity index (χ1n) is 7.73. The molecule has 122 valence electrons. The Labute approximate surface area is 137 Å². The Kier molecular flexibility index (Phi) is 5.63. The van der Waals surface area contributed by atoms with Gasteiger partial charge in [0.2, 0.25) is 0 Å². The molecule has 0 aliphatic carbocycles. The van der Waals surface area contributed by atoms with Crippen molar-refractivity contribution in [3.8, 4) is 11.5 Å². The van der Waals surface area contributed by atoms with Gasteiger partial charge in [-0.2, -0.15) is 0 Å². The average molecular weight is 313 g/mol. The quantitative estimate of drug-likeness (QED) is 0.873. The van der Waals surface area contributed by atoms with Gasteiger partial charge in [0.15, 0.2) is 6.10 Å². The maximum atomic E-state index is 12.5. The van der Waals surface area contributed by atoms with Crippen molar-refractivity contribution in [3.05, 3.63) is 53.6 Å². The second kappa shape index (κ2) is 7.68. The van der Waals surface area contributed by atoms with Gasteiger partial charge in [-0.15, -0.1) is 0 Å². The van der Waals surface area contributed by atoms with Crippen LogP contribution in [0.3, 0.4) is 0 Å². The zero-order valence-corrected chi connectivity index (χ0v) is 14.1. The van der Waals surface area contributed by atoms with Crippen LogP contribution in [0.25, 0.3) is 0 Å². The zero-order chi connectivity index (χ0) is 16.8. The van der Waals surface area contributed by atoms with Gasteiger partial charge in [-0.3, -0.25) is 4.79 Å². The zero-order valence-electron chi connectivity index (χ0n) is 14.1. The summed E-state index contributed by atoms with van der Waals surface area (Å²) in [5.41, 5.74) is 3.04. The van der Waals surface area contributed by atoms with Crippen molar-refractivity contribution in [2.75, 3.05) is 12.4 Å². The molecule has 0 spiro atoms. The predicted octanol–water partition coefficient (Wildman–Crippen LogP) is 4.11. The summed E-state index contributed by atoms with van der Waals surface area (Å²) >= 11 is 0. The molecule has 0 heterocycles. The first kappa shape index (κ1) is 16.9. The van der Waals surface area contributed by atoms with Crippen LogP contribution in [0.15, 0.2) is 42.5 Å². The molecule has 23 heavy (non-hydrogen) atoms. The van der Waals surface area contributed by atoms with E-state index in [2.05, 4.69) is 5.32 Å². The first-order chi connectivity index (χ1) is 11.0. The Morgan fingerprint density at radius 1 is 1.09 bits per heavy atom. The van der Waals surface area contributed by atoms with E-state index in [1.165, 1.54) is 0 Å². The van der Waals surface area contributed by atoms with Gasteiger partial charge in [-0.1, -0.05) is 19.1 Å². The number of nitrogens with one attached hydrogen (secondary N) is 1. The molecule has 2 aromatic carbocycles. The molecule has 1 amide bonds. The van der Waals surface area contributed by atoms with Gasteiger partial charge in [-0.05, 0) is 61.7 Å². The number of rotatable bonds is 6. The van der Waals surface area contributed by atoms with Crippen molar-refractivity contribution in [3.63, 3.8) is 0 Å². The Bertz CT molecular complexity index is 665. The van der Waals surface area contributed by atoms with Gasteiger partial charge < -0.3 is 14.8 Å². The topological polar surface area (TPSA) is 47.6 Å². The molecule has 0 fully saturated rings. The number of carbonyl (C=O) groups is 1. The van der Waals surface area contributed by atoms with Crippen LogP contribution in [0.1, 0.15) is 24.5 Å². The number of benzene rings is 2. The highest BCUT2D eigenvalue weighted by Crippen LogP contribution is 2.21. The number of methoxy groups -OCH3 is 1. The number of carbonyl (C=O) groups excluding carboxylic acids is 1. The molecule has 1 N–H and O–H groups in total. The van der Waals surface area contributed by atoms with Crippen molar-refractivity contribution < 1.29 is 14.3 Å². The lowest BCUT2D eigenvalue weighted by Crippen LogP contribution is -2.32. The second-order valence-corrected chi connectivity index (χ2v) is 5.43. The first-order valence-corrected chi connectivity index (χ1v) is 7.73. The summed E-state index contributed by atoms with van der Waals surface area (Å²) < 4.78 is 10.9. The fourth-order valence-corrected chi connectivity index (χ4v) is 2.24. The molecule has 0 radical (unpaired) electrons. The highest BCUT2D eigenvalue weighted by molar-refractivity contribution is 5.95. The van der Waals surface area contributed by atoms with Crippen LogP contribution in [0.5, 0.6) is 11.5 Å². The Hall–Kier alpha value is -2.49. The highest BCUT2D eigenvalue weighted by atomic mass is 16.5. The van der Waals surface area contributed by atoms with E-state index in [9.17, 15) is 4.79 Å². The minimum absolute atomic E-state index is 0.142. The average Bonchev–Trinajstić information content (AvgIpc) is 2.57. The van der Waals surface area contributed by atoms with E-state index < -0.39 is 6.10 Å². The molecule has 4 heteroatoms. The summed E-state index contributed by atoms with van der Waals surface area (Å²) in [6.45, 7) is 5.95. The van der Waals surface area contributed by atoms with E-state index in [0.29, 0.717) is 12.2 Å². The van der Waals surface area contributed by atoms with Crippen molar-refractivity contribution in [1.82, 2.24) is 0 Å². The third-order valence-corrected chi connectivity index (χ3v) is 3.86. The van der Waals surface area contributed by atoms with E-state index in [1.54, 1.807) is 19.2 Å². The molecule has 1 atom stereocenters. The van der Waals surface area contributed by atoms with Crippen molar-refractivity contribution in [2.24, 2.45) is 0 Å². The summed E-state index contributed by atoms with van der Waals surface area (Å²) in [5, 5.41) is 2.96. The summed E-state index contributed by atoms with van der Waals surface area (Å²) in [6, 6.07) is 13.1. The van der Waals surface area contributed by atoms with Crippen molar-refractivity contribution >= 4 is 11.6 Å². The van der Waals surface area contributed by atoms with Crippen molar-refractivity contribution in [2.45, 2.75) is 33.3 Å². The number of hydrogen-bond acceptors (Lipinski definition) is 3. The molecule has 0 aliphatic heterocycles. The Morgan fingerprint density at radius 3 is 2.35 bits per heavy atom. The van der Waals surface area contributed by atoms with Gasteiger partial charge >= 0.3 is 0 Å². The van der Waals surface area contributed by atoms with Gasteiger partial charge in [-0.25, -0.2) is 0 Å². The maximum Gasteiger partial charge on any atom is 0.265 e. The fourth-order valence-electron chi connectivity index (χ4n) is 2.24. The van der Waals surface area contributed by atoms with E-state index in [4.69, 9.17) is 9.47 Å². The minimum atomic E-state index is -0.539. The summed E-state index contributed by atoms with van der Waals surface area (Å²) in [6.07, 6.45) is 0.0474. The largest absolute Gasteiger partial charge is 0.497 e. The lowest BCUT2D eigenvalue weighted by Gasteiger charge is -2.18. The molecule has 0 saturated carbocycles.